The number of rotatable bonds is 6. The molecule has 0 saturated heterocycles. The van der Waals surface area contributed by atoms with Crippen LogP contribution in [0.4, 0.5) is 4.39 Å². The number of para-hydroxylation sites is 2. The summed E-state index contributed by atoms with van der Waals surface area (Å²) in [6.07, 6.45) is 1.84. The number of halogens is 1. The normalized spacial score (nSPS) is 12.0. The van der Waals surface area contributed by atoms with Gasteiger partial charge in [-0.2, -0.15) is 0 Å². The third kappa shape index (κ3) is 3.83. The van der Waals surface area contributed by atoms with Gasteiger partial charge in [0, 0.05) is 0 Å². The van der Waals surface area contributed by atoms with Crippen molar-refractivity contribution >= 4 is 33.4 Å². The van der Waals surface area contributed by atoms with E-state index in [1.807, 2.05) is 55.5 Å². The number of hydrogen-bond acceptors (Lipinski definition) is 5. The molecule has 0 N–H and O–H groups in total. The van der Waals surface area contributed by atoms with Gasteiger partial charge in [0.25, 0.3) is 5.56 Å². The molecule has 0 atom stereocenters. The Bertz CT molecular complexity index is 1520. The molecule has 5 aromatic rings. The molecule has 0 bridgehead atoms. The molecule has 0 aliphatic heterocycles. The smallest absolute Gasteiger partial charge is 0.274 e. The fraction of sp³-hybridized carbons (Fsp3) is 0.120. The van der Waals surface area contributed by atoms with Crippen LogP contribution in [0.5, 0.6) is 11.5 Å². The zero-order valence-electron chi connectivity index (χ0n) is 17.2. The molecule has 0 spiro atoms. The minimum atomic E-state index is -0.282. The SMILES string of the molecule is CCOc1cc(/C=c2/sc3nc4ccccc4n3c2=O)ccc1OCc1ccc(F)cc1. The molecular weight excluding hydrogens is 427 g/mol. The molecular formula is C25H19FN2O3S. The molecule has 32 heavy (non-hydrogen) atoms. The molecule has 160 valence electrons. The number of imidazole rings is 1. The summed E-state index contributed by atoms with van der Waals surface area (Å²) in [6.45, 7) is 2.67. The summed E-state index contributed by atoms with van der Waals surface area (Å²) in [6, 6.07) is 19.3. The van der Waals surface area contributed by atoms with Crippen LogP contribution in [0, 0.1) is 5.82 Å². The summed E-state index contributed by atoms with van der Waals surface area (Å²) < 4.78 is 27.0. The highest BCUT2D eigenvalue weighted by Crippen LogP contribution is 2.29. The zero-order chi connectivity index (χ0) is 22.1. The third-order valence-electron chi connectivity index (χ3n) is 5.02. The summed E-state index contributed by atoms with van der Waals surface area (Å²) in [7, 11) is 0. The number of aromatic nitrogens is 2. The van der Waals surface area contributed by atoms with Crippen LogP contribution in [0.15, 0.2) is 71.5 Å². The van der Waals surface area contributed by atoms with E-state index in [1.165, 1.54) is 23.5 Å². The first-order valence-electron chi connectivity index (χ1n) is 10.2. The van der Waals surface area contributed by atoms with E-state index in [-0.39, 0.29) is 11.4 Å². The fourth-order valence-corrected chi connectivity index (χ4v) is 4.49. The maximum Gasteiger partial charge on any atom is 0.274 e. The Labute approximate surface area is 187 Å². The van der Waals surface area contributed by atoms with Crippen LogP contribution in [0.3, 0.4) is 0 Å². The molecule has 5 rings (SSSR count). The lowest BCUT2D eigenvalue weighted by molar-refractivity contribution is 0.269. The van der Waals surface area contributed by atoms with Crippen LogP contribution < -0.4 is 19.6 Å². The van der Waals surface area contributed by atoms with Crippen molar-refractivity contribution in [2.75, 3.05) is 6.61 Å². The summed E-state index contributed by atoms with van der Waals surface area (Å²) in [4.78, 5) is 18.2. The van der Waals surface area contributed by atoms with E-state index in [0.29, 0.717) is 34.2 Å². The van der Waals surface area contributed by atoms with Crippen LogP contribution in [-0.4, -0.2) is 16.0 Å². The van der Waals surface area contributed by atoms with Crippen molar-refractivity contribution in [3.63, 3.8) is 0 Å². The second-order valence-electron chi connectivity index (χ2n) is 7.19. The first-order chi connectivity index (χ1) is 15.6. The van der Waals surface area contributed by atoms with Crippen LogP contribution >= 0.6 is 11.3 Å². The molecule has 0 aliphatic carbocycles. The van der Waals surface area contributed by atoms with Crippen molar-refractivity contribution in [3.8, 4) is 11.5 Å². The Kier molecular flexibility index (Phi) is 5.33. The summed E-state index contributed by atoms with van der Waals surface area (Å²) in [5.74, 6) is 0.889. The van der Waals surface area contributed by atoms with E-state index in [9.17, 15) is 9.18 Å². The first-order valence-corrected chi connectivity index (χ1v) is 11.0. The van der Waals surface area contributed by atoms with Crippen LogP contribution in [-0.2, 0) is 6.61 Å². The minimum Gasteiger partial charge on any atom is -0.490 e. The summed E-state index contributed by atoms with van der Waals surface area (Å²) in [5.41, 5.74) is 3.21. The average Bonchev–Trinajstić information content (AvgIpc) is 3.31. The first kappa shape index (κ1) is 20.2. The van der Waals surface area contributed by atoms with Gasteiger partial charge in [-0.3, -0.25) is 4.79 Å². The molecule has 0 aliphatic rings. The van der Waals surface area contributed by atoms with Gasteiger partial charge in [-0.05, 0) is 60.5 Å². The molecule has 0 amide bonds. The lowest BCUT2D eigenvalue weighted by Gasteiger charge is -2.12. The quantitative estimate of drug-likeness (QED) is 0.383. The molecule has 5 nitrogen and oxygen atoms in total. The van der Waals surface area contributed by atoms with Gasteiger partial charge >= 0.3 is 0 Å². The Morgan fingerprint density at radius 1 is 1.03 bits per heavy atom. The van der Waals surface area contributed by atoms with Crippen molar-refractivity contribution in [2.45, 2.75) is 13.5 Å². The monoisotopic (exact) mass is 446 g/mol. The largest absolute Gasteiger partial charge is 0.490 e. The van der Waals surface area contributed by atoms with Gasteiger partial charge in [0.2, 0.25) is 0 Å². The maximum atomic E-state index is 13.1. The van der Waals surface area contributed by atoms with Gasteiger partial charge in [0.15, 0.2) is 16.5 Å². The van der Waals surface area contributed by atoms with E-state index >= 15 is 0 Å². The molecule has 0 fully saturated rings. The molecule has 0 radical (unpaired) electrons. The van der Waals surface area contributed by atoms with E-state index in [0.717, 1.165) is 22.2 Å². The van der Waals surface area contributed by atoms with Gasteiger partial charge < -0.3 is 9.47 Å². The standard InChI is InChI=1S/C25H19FN2O3S/c1-2-30-22-13-17(9-12-21(22)31-15-16-7-10-18(26)11-8-16)14-23-24(29)28-20-6-4-3-5-19(20)27-25(28)32-23/h3-14H,2,15H2,1H3/b23-14+. The predicted molar refractivity (Wildman–Crippen MR) is 124 cm³/mol. The number of thiazole rings is 1. The molecule has 2 heterocycles. The van der Waals surface area contributed by atoms with Crippen LogP contribution in [0.25, 0.3) is 22.1 Å². The van der Waals surface area contributed by atoms with Gasteiger partial charge in [0.1, 0.15) is 12.4 Å². The lowest BCUT2D eigenvalue weighted by atomic mass is 10.2. The lowest BCUT2D eigenvalue weighted by Crippen LogP contribution is -2.22. The number of nitrogens with zero attached hydrogens (tertiary/aromatic N) is 2. The van der Waals surface area contributed by atoms with Gasteiger partial charge in [-0.25, -0.2) is 13.8 Å². The summed E-state index contributed by atoms with van der Waals surface area (Å²) >= 11 is 1.36. The number of fused-ring (bicyclic) bond motifs is 3. The topological polar surface area (TPSA) is 52.8 Å². The third-order valence-corrected chi connectivity index (χ3v) is 5.99. The Hall–Kier alpha value is -3.71. The second-order valence-corrected chi connectivity index (χ2v) is 8.20. The van der Waals surface area contributed by atoms with E-state index in [2.05, 4.69) is 4.98 Å². The van der Waals surface area contributed by atoms with Crippen molar-refractivity contribution in [3.05, 3.63) is 98.6 Å². The molecule has 0 unspecified atom stereocenters. The van der Waals surface area contributed by atoms with E-state index in [4.69, 9.17) is 9.47 Å². The molecule has 7 heteroatoms. The van der Waals surface area contributed by atoms with Crippen LogP contribution in [0.1, 0.15) is 18.1 Å². The van der Waals surface area contributed by atoms with Crippen molar-refractivity contribution in [2.24, 2.45) is 0 Å². The highest BCUT2D eigenvalue weighted by atomic mass is 32.1. The van der Waals surface area contributed by atoms with Gasteiger partial charge in [-0.15, -0.1) is 0 Å². The maximum absolute atomic E-state index is 13.1. The van der Waals surface area contributed by atoms with Crippen molar-refractivity contribution < 1.29 is 13.9 Å². The molecule has 2 aromatic heterocycles. The Balaban J connectivity index is 1.48. The average molecular weight is 447 g/mol. The Morgan fingerprint density at radius 3 is 2.66 bits per heavy atom. The highest BCUT2D eigenvalue weighted by Gasteiger charge is 2.11. The minimum absolute atomic E-state index is 0.0895. The molecule has 3 aromatic carbocycles. The molecule has 0 saturated carbocycles. The van der Waals surface area contributed by atoms with Crippen LogP contribution in [0.2, 0.25) is 0 Å². The van der Waals surface area contributed by atoms with E-state index < -0.39 is 0 Å². The predicted octanol–water partition coefficient (Wildman–Crippen LogP) is 4.57. The van der Waals surface area contributed by atoms with E-state index in [1.54, 1.807) is 16.5 Å². The highest BCUT2D eigenvalue weighted by molar-refractivity contribution is 7.15. The van der Waals surface area contributed by atoms with Crippen molar-refractivity contribution in [1.29, 1.82) is 0 Å². The summed E-state index contributed by atoms with van der Waals surface area (Å²) in [5, 5.41) is 0. The van der Waals surface area contributed by atoms with Gasteiger partial charge in [0.05, 0.1) is 22.2 Å². The number of ether oxygens (including phenoxy) is 2. The second kappa shape index (κ2) is 8.43. The zero-order valence-corrected chi connectivity index (χ0v) is 18.1. The fourth-order valence-electron chi connectivity index (χ4n) is 3.51. The number of benzene rings is 3. The van der Waals surface area contributed by atoms with Crippen molar-refractivity contribution in [1.82, 2.24) is 9.38 Å². The van der Waals surface area contributed by atoms with Gasteiger partial charge in [-0.1, -0.05) is 41.7 Å². The number of hydrogen-bond donors (Lipinski definition) is 0. The Morgan fingerprint density at radius 2 is 1.84 bits per heavy atom.